The molecule has 2 rings (SSSR count). The highest BCUT2D eigenvalue weighted by atomic mass is 16.2. The van der Waals surface area contributed by atoms with Crippen molar-refractivity contribution < 1.29 is 9.59 Å². The van der Waals surface area contributed by atoms with Crippen molar-refractivity contribution in [1.82, 2.24) is 4.90 Å². The second-order valence-electron chi connectivity index (χ2n) is 5.63. The van der Waals surface area contributed by atoms with Crippen LogP contribution >= 0.6 is 0 Å². The minimum Gasteiger partial charge on any atom is -0.341 e. The van der Waals surface area contributed by atoms with Crippen molar-refractivity contribution in [2.75, 3.05) is 25.5 Å². The van der Waals surface area contributed by atoms with E-state index in [0.29, 0.717) is 18.5 Å². The molecule has 0 spiro atoms. The lowest BCUT2D eigenvalue weighted by Crippen LogP contribution is -2.33. The first kappa shape index (κ1) is 16.7. The summed E-state index contributed by atoms with van der Waals surface area (Å²) in [5, 5.41) is 0. The van der Waals surface area contributed by atoms with Crippen LogP contribution in [0.25, 0.3) is 0 Å². The van der Waals surface area contributed by atoms with E-state index < -0.39 is 0 Å². The molecule has 0 saturated carbocycles. The third kappa shape index (κ3) is 4.42. The molecule has 0 unspecified atom stereocenters. The molecule has 2 aromatic carbocycles. The number of rotatable bonds is 5. The predicted octanol–water partition coefficient (Wildman–Crippen LogP) is 3.12. The van der Waals surface area contributed by atoms with Crippen LogP contribution in [0.4, 0.5) is 5.69 Å². The Bertz CT molecular complexity index is 666. The summed E-state index contributed by atoms with van der Waals surface area (Å²) in [6, 6.07) is 16.9. The van der Waals surface area contributed by atoms with E-state index in [-0.39, 0.29) is 11.8 Å². The molecule has 0 bridgehead atoms. The fourth-order valence-corrected chi connectivity index (χ4v) is 2.24. The molecule has 0 N–H and O–H groups in total. The summed E-state index contributed by atoms with van der Waals surface area (Å²) in [5.41, 5.74) is 2.61. The zero-order valence-electron chi connectivity index (χ0n) is 13.8. The van der Waals surface area contributed by atoms with E-state index in [9.17, 15) is 9.59 Å². The van der Waals surface area contributed by atoms with Crippen molar-refractivity contribution in [2.24, 2.45) is 0 Å². The lowest BCUT2D eigenvalue weighted by molar-refractivity contribution is -0.118. The number of aryl methyl sites for hydroxylation is 1. The monoisotopic (exact) mass is 310 g/mol. The fourth-order valence-electron chi connectivity index (χ4n) is 2.24. The van der Waals surface area contributed by atoms with Gasteiger partial charge >= 0.3 is 0 Å². The number of carbonyl (C=O) groups is 2. The normalized spacial score (nSPS) is 10.2. The summed E-state index contributed by atoms with van der Waals surface area (Å²) in [5.74, 6) is -0.0834. The minimum absolute atomic E-state index is 0.0141. The highest BCUT2D eigenvalue weighted by Gasteiger charge is 2.15. The maximum absolute atomic E-state index is 12.3. The molecule has 0 aromatic heterocycles. The van der Waals surface area contributed by atoms with Gasteiger partial charge in [0.05, 0.1) is 0 Å². The predicted molar refractivity (Wildman–Crippen MR) is 92.6 cm³/mol. The van der Waals surface area contributed by atoms with E-state index in [4.69, 9.17) is 0 Å². The first-order chi connectivity index (χ1) is 11.0. The number of hydrogen-bond donors (Lipinski definition) is 0. The summed E-state index contributed by atoms with van der Waals surface area (Å²) in [4.78, 5) is 27.7. The second kappa shape index (κ2) is 7.58. The van der Waals surface area contributed by atoms with Gasteiger partial charge in [0, 0.05) is 38.3 Å². The lowest BCUT2D eigenvalue weighted by Gasteiger charge is -2.21. The van der Waals surface area contributed by atoms with Gasteiger partial charge in [0.15, 0.2) is 0 Å². The van der Waals surface area contributed by atoms with Crippen LogP contribution in [0.15, 0.2) is 54.6 Å². The fraction of sp³-hybridized carbons (Fsp3) is 0.263. The highest BCUT2D eigenvalue weighted by Crippen LogP contribution is 2.12. The molecular weight excluding hydrogens is 288 g/mol. The SMILES string of the molecule is Cc1ccc(C(=O)N(C)CCC(=O)N(C)c2ccccc2)cc1. The first-order valence-corrected chi connectivity index (χ1v) is 7.63. The van der Waals surface area contributed by atoms with Crippen molar-refractivity contribution in [1.29, 1.82) is 0 Å². The Balaban J connectivity index is 1.90. The van der Waals surface area contributed by atoms with Crippen LogP contribution in [-0.2, 0) is 4.79 Å². The molecule has 2 aromatic rings. The maximum atomic E-state index is 12.3. The number of hydrogen-bond acceptors (Lipinski definition) is 2. The van der Waals surface area contributed by atoms with Crippen LogP contribution < -0.4 is 4.90 Å². The molecule has 0 aliphatic carbocycles. The van der Waals surface area contributed by atoms with Gasteiger partial charge in [-0.25, -0.2) is 0 Å². The first-order valence-electron chi connectivity index (χ1n) is 7.63. The van der Waals surface area contributed by atoms with E-state index in [1.807, 2.05) is 61.5 Å². The van der Waals surface area contributed by atoms with Crippen molar-refractivity contribution >= 4 is 17.5 Å². The Labute approximate surface area is 137 Å². The number of carbonyl (C=O) groups excluding carboxylic acids is 2. The van der Waals surface area contributed by atoms with Crippen LogP contribution in [0.3, 0.4) is 0 Å². The molecule has 0 aliphatic heterocycles. The zero-order chi connectivity index (χ0) is 16.8. The van der Waals surface area contributed by atoms with Gasteiger partial charge in [-0.1, -0.05) is 35.9 Å². The van der Waals surface area contributed by atoms with Gasteiger partial charge in [-0.05, 0) is 31.2 Å². The Hall–Kier alpha value is -2.62. The molecule has 0 atom stereocenters. The Kier molecular flexibility index (Phi) is 5.52. The van der Waals surface area contributed by atoms with Crippen LogP contribution in [-0.4, -0.2) is 37.4 Å². The Morgan fingerprint density at radius 1 is 0.913 bits per heavy atom. The standard InChI is InChI=1S/C19H22N2O2/c1-15-9-11-16(12-10-15)19(23)20(2)14-13-18(22)21(3)17-7-5-4-6-8-17/h4-12H,13-14H2,1-3H3. The van der Waals surface area contributed by atoms with E-state index in [2.05, 4.69) is 0 Å². The molecule has 23 heavy (non-hydrogen) atoms. The Morgan fingerprint density at radius 2 is 1.52 bits per heavy atom. The molecule has 4 nitrogen and oxygen atoms in total. The van der Waals surface area contributed by atoms with Crippen LogP contribution in [0, 0.1) is 6.92 Å². The molecule has 4 heteroatoms. The summed E-state index contributed by atoms with van der Waals surface area (Å²) in [6.45, 7) is 2.37. The summed E-state index contributed by atoms with van der Waals surface area (Å²) < 4.78 is 0. The molecule has 0 fully saturated rings. The number of amides is 2. The van der Waals surface area contributed by atoms with Crippen molar-refractivity contribution in [3.63, 3.8) is 0 Å². The van der Waals surface area contributed by atoms with Crippen LogP contribution in [0.2, 0.25) is 0 Å². The largest absolute Gasteiger partial charge is 0.341 e. The third-order valence-electron chi connectivity index (χ3n) is 3.82. The van der Waals surface area contributed by atoms with Gasteiger partial charge in [-0.2, -0.15) is 0 Å². The van der Waals surface area contributed by atoms with Gasteiger partial charge in [0.2, 0.25) is 5.91 Å². The molecule has 0 radical (unpaired) electrons. The molecular formula is C19H22N2O2. The van der Waals surface area contributed by atoms with E-state index >= 15 is 0 Å². The van der Waals surface area contributed by atoms with E-state index in [1.54, 1.807) is 23.9 Å². The average Bonchev–Trinajstić information content (AvgIpc) is 2.59. The maximum Gasteiger partial charge on any atom is 0.253 e. The van der Waals surface area contributed by atoms with Crippen LogP contribution in [0.1, 0.15) is 22.3 Å². The topological polar surface area (TPSA) is 40.6 Å². The average molecular weight is 310 g/mol. The van der Waals surface area contributed by atoms with Crippen molar-refractivity contribution in [2.45, 2.75) is 13.3 Å². The zero-order valence-corrected chi connectivity index (χ0v) is 13.8. The van der Waals surface area contributed by atoms with Gasteiger partial charge in [-0.3, -0.25) is 9.59 Å². The number of nitrogens with zero attached hydrogens (tertiary/aromatic N) is 2. The Morgan fingerprint density at radius 3 is 2.13 bits per heavy atom. The minimum atomic E-state index is -0.0693. The van der Waals surface area contributed by atoms with Gasteiger partial charge in [0.1, 0.15) is 0 Å². The van der Waals surface area contributed by atoms with Crippen LogP contribution in [0.5, 0.6) is 0 Å². The lowest BCUT2D eigenvalue weighted by atomic mass is 10.1. The molecule has 2 amide bonds. The molecule has 0 aliphatic rings. The third-order valence-corrected chi connectivity index (χ3v) is 3.82. The van der Waals surface area contributed by atoms with E-state index in [0.717, 1.165) is 11.3 Å². The molecule has 0 saturated heterocycles. The quantitative estimate of drug-likeness (QED) is 0.851. The van der Waals surface area contributed by atoms with Crippen molar-refractivity contribution in [3.05, 3.63) is 65.7 Å². The summed E-state index contributed by atoms with van der Waals surface area (Å²) in [7, 11) is 3.47. The molecule has 120 valence electrons. The highest BCUT2D eigenvalue weighted by molar-refractivity contribution is 5.95. The van der Waals surface area contributed by atoms with Gasteiger partial charge in [0.25, 0.3) is 5.91 Å². The van der Waals surface area contributed by atoms with E-state index in [1.165, 1.54) is 0 Å². The number of benzene rings is 2. The van der Waals surface area contributed by atoms with Gasteiger partial charge in [-0.15, -0.1) is 0 Å². The number of para-hydroxylation sites is 1. The van der Waals surface area contributed by atoms with Crippen molar-refractivity contribution in [3.8, 4) is 0 Å². The van der Waals surface area contributed by atoms with Gasteiger partial charge < -0.3 is 9.80 Å². The smallest absolute Gasteiger partial charge is 0.253 e. The summed E-state index contributed by atoms with van der Waals surface area (Å²) >= 11 is 0. The second-order valence-corrected chi connectivity index (χ2v) is 5.63. The number of anilines is 1. The molecule has 0 heterocycles. The summed E-state index contributed by atoms with van der Waals surface area (Å²) in [6.07, 6.45) is 0.291.